The number of fused-ring (bicyclic) bond motifs is 5. The summed E-state index contributed by atoms with van der Waals surface area (Å²) in [6.45, 7) is 11.2. The van der Waals surface area contributed by atoms with E-state index < -0.39 is 108 Å². The van der Waals surface area contributed by atoms with Crippen LogP contribution >= 0.6 is 0 Å². The molecule has 1 aromatic carbocycles. The zero-order chi connectivity index (χ0) is 45.9. The van der Waals surface area contributed by atoms with Gasteiger partial charge < -0.3 is 62.7 Å². The number of rotatable bonds is 12. The first-order valence-electron chi connectivity index (χ1n) is 23.5. The molecule has 1 aromatic rings. The van der Waals surface area contributed by atoms with Crippen molar-refractivity contribution < 1.29 is 72.3 Å². The Morgan fingerprint density at radius 1 is 0.734 bits per heavy atom. The summed E-state index contributed by atoms with van der Waals surface area (Å²) in [7, 11) is 4.87. The molecule has 0 radical (unpaired) electrons. The number of carbonyl (C=O) groups excluding carboxylic acids is 2. The molecule has 0 aromatic heterocycles. The van der Waals surface area contributed by atoms with Crippen LogP contribution < -0.4 is 0 Å². The van der Waals surface area contributed by atoms with Crippen molar-refractivity contribution in [2.45, 2.75) is 203 Å². The van der Waals surface area contributed by atoms with Gasteiger partial charge in [0.15, 0.2) is 18.9 Å². The normalized spacial score (nSPS) is 48.0. The van der Waals surface area contributed by atoms with E-state index in [4.69, 9.17) is 47.4 Å². The molecular formula is C49H72O15. The second-order valence-electron chi connectivity index (χ2n) is 20.2. The number of hydrogen-bond acceptors (Lipinski definition) is 15. The van der Waals surface area contributed by atoms with Crippen LogP contribution in [0, 0.1) is 22.7 Å². The van der Waals surface area contributed by atoms with Crippen molar-refractivity contribution in [2.24, 2.45) is 22.7 Å². The van der Waals surface area contributed by atoms with E-state index in [1.807, 2.05) is 26.8 Å². The molecule has 3 saturated carbocycles. The van der Waals surface area contributed by atoms with Gasteiger partial charge in [0, 0.05) is 57.8 Å². The highest BCUT2D eigenvalue weighted by atomic mass is 16.7. The first-order valence-corrected chi connectivity index (χ1v) is 23.5. The number of carbonyl (C=O) groups is 2. The number of methoxy groups -OCH3 is 3. The van der Waals surface area contributed by atoms with Gasteiger partial charge in [-0.3, -0.25) is 4.79 Å². The lowest BCUT2D eigenvalue weighted by molar-refractivity contribution is -0.338. The van der Waals surface area contributed by atoms with Gasteiger partial charge in [-0.2, -0.15) is 0 Å². The molecule has 15 heteroatoms. The smallest absolute Gasteiger partial charge is 0.338 e. The first-order chi connectivity index (χ1) is 30.4. The summed E-state index contributed by atoms with van der Waals surface area (Å²) in [5.41, 5.74) is -3.36. The molecule has 3 aliphatic heterocycles. The molecule has 3 saturated heterocycles. The van der Waals surface area contributed by atoms with Crippen LogP contribution in [-0.4, -0.2) is 146 Å². The third-order valence-corrected chi connectivity index (χ3v) is 16.9. The topological polar surface area (TPSA) is 187 Å². The van der Waals surface area contributed by atoms with Crippen LogP contribution in [0.2, 0.25) is 0 Å². The Hall–Kier alpha value is -2.38. The molecule has 358 valence electrons. The Labute approximate surface area is 377 Å². The number of aliphatic hydroxyl groups is 3. The van der Waals surface area contributed by atoms with Gasteiger partial charge in [-0.05, 0) is 90.2 Å². The van der Waals surface area contributed by atoms with Gasteiger partial charge in [0.2, 0.25) is 0 Å². The molecule has 3 heterocycles. The molecule has 0 spiro atoms. The summed E-state index contributed by atoms with van der Waals surface area (Å²) in [6, 6.07) is 8.78. The minimum Gasteiger partial charge on any atom is -0.458 e. The summed E-state index contributed by atoms with van der Waals surface area (Å²) >= 11 is 0. The Kier molecular flexibility index (Phi) is 14.0. The monoisotopic (exact) mass is 900 g/mol. The van der Waals surface area contributed by atoms with Gasteiger partial charge in [-0.15, -0.1) is 0 Å². The van der Waals surface area contributed by atoms with Crippen molar-refractivity contribution in [3.05, 3.63) is 47.5 Å². The maximum Gasteiger partial charge on any atom is 0.338 e. The van der Waals surface area contributed by atoms with Gasteiger partial charge in [-0.1, -0.05) is 43.7 Å². The minimum absolute atomic E-state index is 0.0782. The maximum absolute atomic E-state index is 13.7. The predicted molar refractivity (Wildman–Crippen MR) is 230 cm³/mol. The average molecular weight is 901 g/mol. The number of hydrogen-bond donors (Lipinski definition) is 3. The molecule has 3 N–H and O–H groups in total. The van der Waals surface area contributed by atoms with Crippen molar-refractivity contribution in [1.82, 2.24) is 0 Å². The van der Waals surface area contributed by atoms with Gasteiger partial charge in [0.25, 0.3) is 0 Å². The lowest BCUT2D eigenvalue weighted by Gasteiger charge is -2.66. The Morgan fingerprint density at radius 3 is 1.88 bits per heavy atom. The molecule has 64 heavy (non-hydrogen) atoms. The van der Waals surface area contributed by atoms with Crippen molar-refractivity contribution in [3.63, 3.8) is 0 Å². The SMILES string of the molecule is CO[C@H]1C[C@H](O[C@H]2[C@@H](OC)C[C@H](O[C@H]3[C@@H](OC)C[C@H](O[C@H]4CC[C@@]5(C)C(=CC[C@]6(O)[C@@H]5C[C@@H](OC(=O)c5ccccc5)[C@]5(C)C(C(C)=O)CC[C@@]56O)C4)O[C@@H]3C)O[C@@H]2C)O[C@H](C)[C@H]1O. The Bertz CT molecular complexity index is 1850. The fourth-order valence-electron chi connectivity index (χ4n) is 13.2. The van der Waals surface area contributed by atoms with Crippen molar-refractivity contribution >= 4 is 11.8 Å². The molecule has 20 atom stereocenters. The van der Waals surface area contributed by atoms with E-state index in [0.29, 0.717) is 56.9 Å². The standard InChI is InChI=1S/C49H72O15/c1-26(50)33-17-20-49(54)47(33,6)38(62-45(52)30-13-11-10-12-14-30)25-37-46(5)18-16-32(21-31(46)15-19-48(37,49)53)61-39-23-35(56-8)43(28(3)59-39)64-41-24-36(57-9)44(29(4)60-41)63-40-22-34(55-7)42(51)27(2)58-40/h10-15,27-29,32-44,51,53-54H,16-25H2,1-9H3/t27-,28-,29-,32+,33?,34+,35+,36+,37-,38-,39+,40+,41+,42-,43-,44-,46+,47+,48+,49-/m1/s1. The third kappa shape index (κ3) is 8.25. The van der Waals surface area contributed by atoms with Crippen LogP contribution in [0.4, 0.5) is 0 Å². The zero-order valence-corrected chi connectivity index (χ0v) is 39.0. The number of Topliss-reactive ketones (excluding diaryl/α,β-unsaturated/α-hetero) is 1. The lowest BCUT2D eigenvalue weighted by Crippen LogP contribution is -2.75. The van der Waals surface area contributed by atoms with E-state index >= 15 is 0 Å². The molecule has 15 nitrogen and oxygen atoms in total. The molecule has 4 aliphatic carbocycles. The molecule has 7 aliphatic rings. The quantitative estimate of drug-likeness (QED) is 0.184. The summed E-state index contributed by atoms with van der Waals surface area (Å²) in [5.74, 6) is -1.59. The van der Waals surface area contributed by atoms with Crippen molar-refractivity contribution in [3.8, 4) is 0 Å². The lowest BCUT2D eigenvalue weighted by atomic mass is 9.43. The Morgan fingerprint density at radius 2 is 1.30 bits per heavy atom. The molecule has 0 amide bonds. The highest BCUT2D eigenvalue weighted by Crippen LogP contribution is 2.70. The van der Waals surface area contributed by atoms with Crippen molar-refractivity contribution in [2.75, 3.05) is 21.3 Å². The second kappa shape index (κ2) is 18.6. The molecule has 6 fully saturated rings. The highest BCUT2D eigenvalue weighted by molar-refractivity contribution is 5.89. The fraction of sp³-hybridized carbons (Fsp3) is 0.796. The van der Waals surface area contributed by atoms with Crippen LogP contribution in [0.25, 0.3) is 0 Å². The van der Waals surface area contributed by atoms with E-state index in [0.717, 1.165) is 5.57 Å². The number of aliphatic hydroxyl groups excluding tert-OH is 1. The molecule has 1 unspecified atom stereocenters. The number of benzene rings is 1. The molecule has 8 rings (SSSR count). The van der Waals surface area contributed by atoms with E-state index in [2.05, 4.69) is 13.0 Å². The largest absolute Gasteiger partial charge is 0.458 e. The highest BCUT2D eigenvalue weighted by Gasteiger charge is 2.77. The van der Waals surface area contributed by atoms with Crippen LogP contribution in [0.3, 0.4) is 0 Å². The van der Waals surface area contributed by atoms with Crippen LogP contribution in [0.1, 0.15) is 116 Å². The summed E-state index contributed by atoms with van der Waals surface area (Å²) in [4.78, 5) is 26.8. The fourth-order valence-corrected chi connectivity index (χ4v) is 13.2. The van der Waals surface area contributed by atoms with E-state index in [9.17, 15) is 24.9 Å². The Balaban J connectivity index is 0.914. The average Bonchev–Trinajstić information content (AvgIpc) is 3.57. The number of ether oxygens (including phenoxy) is 10. The number of ketones is 1. The maximum atomic E-state index is 13.7. The number of esters is 1. The minimum atomic E-state index is -1.66. The van der Waals surface area contributed by atoms with Crippen LogP contribution in [-0.2, 0) is 52.2 Å². The summed E-state index contributed by atoms with van der Waals surface area (Å²) < 4.78 is 62.4. The van der Waals surface area contributed by atoms with Crippen LogP contribution in [0.15, 0.2) is 42.0 Å². The van der Waals surface area contributed by atoms with Crippen molar-refractivity contribution in [1.29, 1.82) is 0 Å². The van der Waals surface area contributed by atoms with Crippen LogP contribution in [0.5, 0.6) is 0 Å². The summed E-state index contributed by atoms with van der Waals surface area (Å²) in [6.07, 6.45) is -0.323. The van der Waals surface area contributed by atoms with Gasteiger partial charge in [-0.25, -0.2) is 4.79 Å². The van der Waals surface area contributed by atoms with E-state index in [1.165, 1.54) is 6.92 Å². The third-order valence-electron chi connectivity index (χ3n) is 16.9. The molecular weight excluding hydrogens is 829 g/mol. The second-order valence-corrected chi connectivity index (χ2v) is 20.2. The predicted octanol–water partition coefficient (Wildman–Crippen LogP) is 5.19. The van der Waals surface area contributed by atoms with E-state index in [1.54, 1.807) is 52.5 Å². The van der Waals surface area contributed by atoms with Gasteiger partial charge >= 0.3 is 5.97 Å². The van der Waals surface area contributed by atoms with Gasteiger partial charge in [0.05, 0.1) is 48.3 Å². The zero-order valence-electron chi connectivity index (χ0n) is 39.0. The van der Waals surface area contributed by atoms with Gasteiger partial charge in [0.1, 0.15) is 41.4 Å². The molecule has 0 bridgehead atoms. The summed E-state index contributed by atoms with van der Waals surface area (Å²) in [5, 5.41) is 36.2. The first kappa shape index (κ1) is 48.1. The van der Waals surface area contributed by atoms with E-state index in [-0.39, 0.29) is 36.9 Å².